The third-order valence-corrected chi connectivity index (χ3v) is 2.04. The van der Waals surface area contributed by atoms with Gasteiger partial charge in [0.05, 0.1) is 6.42 Å². The van der Waals surface area contributed by atoms with Crippen LogP contribution in [-0.2, 0) is 19.2 Å². The van der Waals surface area contributed by atoms with Crippen LogP contribution >= 0.6 is 0 Å². The number of carboxylic acids is 3. The molecule has 0 unspecified atom stereocenters. The second-order valence-electron chi connectivity index (χ2n) is 3.73. The number of amides is 1. The zero-order valence-electron chi connectivity index (χ0n) is 10.9. The summed E-state index contributed by atoms with van der Waals surface area (Å²) in [4.78, 5) is 40.3. The zero-order chi connectivity index (χ0) is 16.3. The van der Waals surface area contributed by atoms with E-state index < -0.39 is 35.9 Å². The Morgan fingerprint density at radius 1 is 1.10 bits per heavy atom. The van der Waals surface area contributed by atoms with E-state index in [2.05, 4.69) is 5.32 Å². The van der Waals surface area contributed by atoms with Crippen LogP contribution in [-0.4, -0.2) is 58.3 Å². The van der Waals surface area contributed by atoms with Gasteiger partial charge in [0.15, 0.2) is 0 Å². The molecule has 10 nitrogen and oxygen atoms in total. The number of carbonyl (C=O) groups excluding carboxylic acids is 1. The Kier molecular flexibility index (Phi) is 10.8. The van der Waals surface area contributed by atoms with Gasteiger partial charge in [-0.15, -0.1) is 0 Å². The molecular formula is C10H19N3O7. The minimum Gasteiger partial charge on any atom is -0.481 e. The summed E-state index contributed by atoms with van der Waals surface area (Å²) in [7, 11) is 1.46. The van der Waals surface area contributed by atoms with Gasteiger partial charge in [-0.1, -0.05) is 0 Å². The van der Waals surface area contributed by atoms with E-state index in [1.165, 1.54) is 7.05 Å². The van der Waals surface area contributed by atoms with E-state index in [0.29, 0.717) is 0 Å². The molecular weight excluding hydrogens is 274 g/mol. The number of primary amides is 1. The number of nitrogens with one attached hydrogen (secondary N) is 1. The van der Waals surface area contributed by atoms with Crippen LogP contribution in [0.2, 0.25) is 0 Å². The third kappa shape index (κ3) is 12.3. The zero-order valence-corrected chi connectivity index (χ0v) is 10.9. The highest BCUT2D eigenvalue weighted by Gasteiger charge is 2.16. The lowest BCUT2D eigenvalue weighted by Gasteiger charge is -2.06. The summed E-state index contributed by atoms with van der Waals surface area (Å²) in [6.45, 7) is 0. The van der Waals surface area contributed by atoms with Crippen LogP contribution in [0.25, 0.3) is 0 Å². The first-order chi connectivity index (χ1) is 9.11. The van der Waals surface area contributed by atoms with Gasteiger partial charge < -0.3 is 32.1 Å². The van der Waals surface area contributed by atoms with Crippen LogP contribution in [0, 0.1) is 0 Å². The van der Waals surface area contributed by atoms with E-state index in [-0.39, 0.29) is 19.3 Å². The van der Waals surface area contributed by atoms with Gasteiger partial charge in [-0.05, 0) is 13.5 Å². The molecule has 0 saturated heterocycles. The molecule has 0 aliphatic rings. The second kappa shape index (κ2) is 10.7. The molecule has 2 atom stereocenters. The Balaban J connectivity index is 0. The minimum atomic E-state index is -1.17. The van der Waals surface area contributed by atoms with Crippen LogP contribution < -0.4 is 16.8 Å². The minimum absolute atomic E-state index is 0.0231. The standard InChI is InChI=1S/C5H10N2O3.C5H9NO4/c1-7-3(5(9)10)2-4(6)8;6-3(5(9)10)1-2-4(7)8/h3,7H,2H2,1H3,(H2,6,8)(H,9,10);3H,1-2,6H2,(H,7,8)(H,9,10)/t2*3-/m01/s1. The van der Waals surface area contributed by atoms with Crippen molar-refractivity contribution in [1.29, 1.82) is 0 Å². The number of hydrogen-bond acceptors (Lipinski definition) is 6. The van der Waals surface area contributed by atoms with Crippen molar-refractivity contribution in [3.63, 3.8) is 0 Å². The van der Waals surface area contributed by atoms with Crippen molar-refractivity contribution in [1.82, 2.24) is 5.32 Å². The van der Waals surface area contributed by atoms with E-state index in [0.717, 1.165) is 0 Å². The van der Waals surface area contributed by atoms with E-state index in [1.807, 2.05) is 0 Å². The highest BCUT2D eigenvalue weighted by atomic mass is 16.4. The van der Waals surface area contributed by atoms with Gasteiger partial charge in [0.2, 0.25) is 5.91 Å². The quantitative estimate of drug-likeness (QED) is 0.288. The first-order valence-electron chi connectivity index (χ1n) is 5.50. The van der Waals surface area contributed by atoms with Gasteiger partial charge in [0.1, 0.15) is 12.1 Å². The summed E-state index contributed by atoms with van der Waals surface area (Å²) in [6.07, 6.45) is -0.399. The van der Waals surface area contributed by atoms with Crippen LogP contribution in [0.5, 0.6) is 0 Å². The fourth-order valence-electron chi connectivity index (χ4n) is 0.916. The van der Waals surface area contributed by atoms with E-state index in [4.69, 9.17) is 26.8 Å². The lowest BCUT2D eigenvalue weighted by Crippen LogP contribution is -2.37. The Morgan fingerprint density at radius 2 is 1.60 bits per heavy atom. The lowest BCUT2D eigenvalue weighted by molar-refractivity contribution is -0.141. The molecule has 1 amide bonds. The van der Waals surface area contributed by atoms with Crippen molar-refractivity contribution in [2.24, 2.45) is 11.5 Å². The van der Waals surface area contributed by atoms with Crippen LogP contribution in [0.1, 0.15) is 19.3 Å². The highest BCUT2D eigenvalue weighted by Crippen LogP contribution is 1.93. The molecule has 20 heavy (non-hydrogen) atoms. The van der Waals surface area contributed by atoms with E-state index in [9.17, 15) is 19.2 Å². The molecule has 10 heteroatoms. The molecule has 0 saturated carbocycles. The SMILES string of the molecule is CN[C@@H](CC(N)=O)C(=O)O.N[C@H](CCC(=O)O)C(=O)O. The molecule has 0 spiro atoms. The van der Waals surface area contributed by atoms with Crippen molar-refractivity contribution >= 4 is 23.8 Å². The molecule has 0 fully saturated rings. The molecule has 0 bridgehead atoms. The number of likely N-dealkylation sites (N-methyl/N-ethyl adjacent to an activating group) is 1. The molecule has 0 aromatic rings. The van der Waals surface area contributed by atoms with Crippen molar-refractivity contribution < 1.29 is 34.5 Å². The largest absolute Gasteiger partial charge is 0.481 e. The highest BCUT2D eigenvalue weighted by molar-refractivity contribution is 5.83. The Bertz CT molecular complexity index is 359. The van der Waals surface area contributed by atoms with Crippen molar-refractivity contribution in [3.05, 3.63) is 0 Å². The molecule has 0 aromatic carbocycles. The maximum Gasteiger partial charge on any atom is 0.321 e. The van der Waals surface area contributed by atoms with Crippen molar-refractivity contribution in [2.75, 3.05) is 7.05 Å². The number of carboxylic acid groups (broad SMARTS) is 3. The summed E-state index contributed by atoms with van der Waals surface area (Å²) in [5, 5.41) is 27.1. The number of nitrogens with two attached hydrogens (primary N) is 2. The van der Waals surface area contributed by atoms with Gasteiger partial charge in [-0.2, -0.15) is 0 Å². The summed E-state index contributed by atoms with van der Waals surface area (Å²) < 4.78 is 0. The number of hydrogen-bond donors (Lipinski definition) is 6. The average molecular weight is 293 g/mol. The van der Waals surface area contributed by atoms with Crippen LogP contribution in [0.15, 0.2) is 0 Å². The molecule has 8 N–H and O–H groups in total. The Labute approximate surface area is 114 Å². The molecule has 0 heterocycles. The first kappa shape index (κ1) is 20.1. The second-order valence-corrected chi connectivity index (χ2v) is 3.73. The summed E-state index contributed by atoms with van der Waals surface area (Å²) in [5.74, 6) is -3.89. The predicted octanol–water partition coefficient (Wildman–Crippen LogP) is -2.20. The molecule has 0 aliphatic heterocycles. The summed E-state index contributed by atoms with van der Waals surface area (Å²) in [5.41, 5.74) is 9.77. The number of carbonyl (C=O) groups is 4. The van der Waals surface area contributed by atoms with E-state index in [1.54, 1.807) is 0 Å². The monoisotopic (exact) mass is 293 g/mol. The normalized spacial score (nSPS) is 12.5. The molecule has 0 radical (unpaired) electrons. The molecule has 0 aromatic heterocycles. The first-order valence-corrected chi connectivity index (χ1v) is 5.50. The summed E-state index contributed by atoms with van der Waals surface area (Å²) in [6, 6.07) is -1.92. The molecule has 116 valence electrons. The van der Waals surface area contributed by atoms with Crippen molar-refractivity contribution in [2.45, 2.75) is 31.3 Å². The van der Waals surface area contributed by atoms with Gasteiger partial charge >= 0.3 is 17.9 Å². The maximum absolute atomic E-state index is 10.2. The fraction of sp³-hybridized carbons (Fsp3) is 0.600. The van der Waals surface area contributed by atoms with Gasteiger partial charge in [-0.3, -0.25) is 19.2 Å². The Hall–Kier alpha value is -2.20. The van der Waals surface area contributed by atoms with E-state index >= 15 is 0 Å². The van der Waals surface area contributed by atoms with Crippen molar-refractivity contribution in [3.8, 4) is 0 Å². The summed E-state index contributed by atoms with van der Waals surface area (Å²) >= 11 is 0. The van der Waals surface area contributed by atoms with Gasteiger partial charge in [0, 0.05) is 6.42 Å². The smallest absolute Gasteiger partial charge is 0.321 e. The maximum atomic E-state index is 10.2. The molecule has 0 rings (SSSR count). The lowest BCUT2D eigenvalue weighted by atomic mass is 10.2. The Morgan fingerprint density at radius 3 is 1.80 bits per heavy atom. The number of rotatable bonds is 8. The fourth-order valence-corrected chi connectivity index (χ4v) is 0.916. The predicted molar refractivity (Wildman–Crippen MR) is 66.8 cm³/mol. The van der Waals surface area contributed by atoms with Crippen LogP contribution in [0.3, 0.4) is 0 Å². The topological polar surface area (TPSA) is 193 Å². The van der Waals surface area contributed by atoms with Crippen LogP contribution in [0.4, 0.5) is 0 Å². The van der Waals surface area contributed by atoms with Gasteiger partial charge in [-0.25, -0.2) is 0 Å². The van der Waals surface area contributed by atoms with Gasteiger partial charge in [0.25, 0.3) is 0 Å². The molecule has 0 aliphatic carbocycles. The number of aliphatic carboxylic acids is 3. The average Bonchev–Trinajstić information content (AvgIpc) is 2.32. The third-order valence-electron chi connectivity index (χ3n) is 2.04.